The van der Waals surface area contributed by atoms with E-state index in [1.807, 2.05) is 21.1 Å². The third-order valence-electron chi connectivity index (χ3n) is 4.72. The highest BCUT2D eigenvalue weighted by molar-refractivity contribution is 5.70. The Kier molecular flexibility index (Phi) is 13.4. The minimum absolute atomic E-state index is 0.238. The molecule has 154 valence electrons. The SMILES string of the molecule is CCC(C)CCCCCCCCCC(=O)OC(CC(=O)[O-])C[N+](C)(C)C. The van der Waals surface area contributed by atoms with Gasteiger partial charge in [0, 0.05) is 18.8 Å². The van der Waals surface area contributed by atoms with Crippen molar-refractivity contribution in [2.75, 3.05) is 27.7 Å². The van der Waals surface area contributed by atoms with Gasteiger partial charge in [0.2, 0.25) is 0 Å². The summed E-state index contributed by atoms with van der Waals surface area (Å²) in [6.07, 6.45) is 10.3. The van der Waals surface area contributed by atoms with Gasteiger partial charge in [-0.1, -0.05) is 65.2 Å². The van der Waals surface area contributed by atoms with Gasteiger partial charge in [-0.3, -0.25) is 4.79 Å². The van der Waals surface area contributed by atoms with Crippen LogP contribution in [0.15, 0.2) is 0 Å². The standard InChI is InChI=1S/C21H41NO4/c1-6-18(2)14-12-10-8-7-9-11-13-15-21(25)26-19(16-20(23)24)17-22(3,4)5/h18-19H,6-17H2,1-5H3. The van der Waals surface area contributed by atoms with Crippen molar-refractivity contribution in [1.29, 1.82) is 0 Å². The van der Waals surface area contributed by atoms with Gasteiger partial charge in [0.15, 0.2) is 6.10 Å². The number of ether oxygens (including phenoxy) is 1. The fourth-order valence-electron chi connectivity index (χ4n) is 3.04. The van der Waals surface area contributed by atoms with Crippen LogP contribution in [-0.2, 0) is 14.3 Å². The Morgan fingerprint density at radius 2 is 1.50 bits per heavy atom. The Morgan fingerprint density at radius 3 is 2.00 bits per heavy atom. The normalized spacial score (nSPS) is 14.0. The summed E-state index contributed by atoms with van der Waals surface area (Å²) in [4.78, 5) is 22.8. The van der Waals surface area contributed by atoms with E-state index in [9.17, 15) is 14.7 Å². The predicted molar refractivity (Wildman–Crippen MR) is 103 cm³/mol. The summed E-state index contributed by atoms with van der Waals surface area (Å²) in [5.41, 5.74) is 0. The average Bonchev–Trinajstić information content (AvgIpc) is 2.50. The Bertz CT molecular complexity index is 390. The van der Waals surface area contributed by atoms with Crippen LogP contribution in [0.5, 0.6) is 0 Å². The van der Waals surface area contributed by atoms with Crippen molar-refractivity contribution in [2.45, 2.75) is 90.6 Å². The lowest BCUT2D eigenvalue weighted by Gasteiger charge is -2.29. The van der Waals surface area contributed by atoms with Crippen LogP contribution in [0.25, 0.3) is 0 Å². The number of carbonyl (C=O) groups excluding carboxylic acids is 2. The Hall–Kier alpha value is -1.10. The van der Waals surface area contributed by atoms with E-state index in [4.69, 9.17) is 4.74 Å². The number of quaternary nitrogens is 1. The van der Waals surface area contributed by atoms with Gasteiger partial charge in [0.1, 0.15) is 6.54 Å². The number of carboxylic acid groups (broad SMARTS) is 1. The molecule has 0 aliphatic heterocycles. The summed E-state index contributed by atoms with van der Waals surface area (Å²) in [5, 5.41) is 10.8. The number of likely N-dealkylation sites (N-methyl/N-ethyl adjacent to an activating group) is 1. The van der Waals surface area contributed by atoms with Gasteiger partial charge in [-0.05, 0) is 12.3 Å². The molecule has 2 unspecified atom stereocenters. The van der Waals surface area contributed by atoms with Crippen LogP contribution < -0.4 is 5.11 Å². The highest BCUT2D eigenvalue weighted by Crippen LogP contribution is 2.15. The van der Waals surface area contributed by atoms with Crippen LogP contribution in [0.4, 0.5) is 0 Å². The lowest BCUT2D eigenvalue weighted by atomic mass is 10.00. The van der Waals surface area contributed by atoms with E-state index in [0.717, 1.165) is 25.2 Å². The largest absolute Gasteiger partial charge is 0.550 e. The second-order valence-corrected chi connectivity index (χ2v) is 8.69. The quantitative estimate of drug-likeness (QED) is 0.237. The highest BCUT2D eigenvalue weighted by Gasteiger charge is 2.22. The third-order valence-corrected chi connectivity index (χ3v) is 4.72. The first-order valence-electron chi connectivity index (χ1n) is 10.3. The molecule has 0 aromatic heterocycles. The van der Waals surface area contributed by atoms with Gasteiger partial charge < -0.3 is 19.1 Å². The molecule has 0 aliphatic rings. The summed E-state index contributed by atoms with van der Waals surface area (Å²) in [6, 6.07) is 0. The highest BCUT2D eigenvalue weighted by atomic mass is 16.5. The van der Waals surface area contributed by atoms with E-state index in [0.29, 0.717) is 17.4 Å². The fourth-order valence-corrected chi connectivity index (χ4v) is 3.04. The number of carboxylic acids is 1. The zero-order valence-corrected chi connectivity index (χ0v) is 17.7. The van der Waals surface area contributed by atoms with E-state index >= 15 is 0 Å². The van der Waals surface area contributed by atoms with E-state index in [-0.39, 0.29) is 12.4 Å². The van der Waals surface area contributed by atoms with E-state index in [1.54, 1.807) is 0 Å². The van der Waals surface area contributed by atoms with Gasteiger partial charge in [-0.2, -0.15) is 0 Å². The zero-order valence-electron chi connectivity index (χ0n) is 17.7. The first-order valence-corrected chi connectivity index (χ1v) is 10.3. The maximum atomic E-state index is 11.9. The molecule has 2 atom stereocenters. The molecule has 0 aliphatic carbocycles. The molecule has 0 heterocycles. The minimum Gasteiger partial charge on any atom is -0.550 e. The summed E-state index contributed by atoms with van der Waals surface area (Å²) in [6.45, 7) is 5.03. The number of unbranched alkanes of at least 4 members (excludes halogenated alkanes) is 6. The van der Waals surface area contributed by atoms with Crippen molar-refractivity contribution >= 4 is 11.9 Å². The predicted octanol–water partition coefficient (Wildman–Crippen LogP) is 3.30. The molecule has 0 bridgehead atoms. The molecule has 0 saturated carbocycles. The van der Waals surface area contributed by atoms with Gasteiger partial charge in [-0.15, -0.1) is 0 Å². The lowest BCUT2D eigenvalue weighted by Crippen LogP contribution is -2.45. The van der Waals surface area contributed by atoms with Gasteiger partial charge in [-0.25, -0.2) is 0 Å². The summed E-state index contributed by atoms with van der Waals surface area (Å²) < 4.78 is 5.90. The average molecular weight is 372 g/mol. The lowest BCUT2D eigenvalue weighted by molar-refractivity contribution is -0.873. The number of carbonyl (C=O) groups is 2. The van der Waals surface area contributed by atoms with Crippen molar-refractivity contribution in [1.82, 2.24) is 0 Å². The van der Waals surface area contributed by atoms with Crippen LogP contribution in [0.3, 0.4) is 0 Å². The zero-order chi connectivity index (χ0) is 20.0. The van der Waals surface area contributed by atoms with Crippen molar-refractivity contribution < 1.29 is 23.9 Å². The molecule has 0 radical (unpaired) electrons. The molecule has 0 rings (SSSR count). The smallest absolute Gasteiger partial charge is 0.306 e. The molecule has 0 N–H and O–H groups in total. The van der Waals surface area contributed by atoms with Crippen molar-refractivity contribution in [2.24, 2.45) is 5.92 Å². The molecule has 5 nitrogen and oxygen atoms in total. The Morgan fingerprint density at radius 1 is 0.962 bits per heavy atom. The van der Waals surface area contributed by atoms with Gasteiger partial charge in [0.05, 0.1) is 21.1 Å². The number of nitrogens with zero attached hydrogens (tertiary/aromatic N) is 1. The van der Waals surface area contributed by atoms with Crippen LogP contribution in [-0.4, -0.2) is 50.2 Å². The summed E-state index contributed by atoms with van der Waals surface area (Å²) in [7, 11) is 5.83. The first kappa shape index (κ1) is 24.9. The van der Waals surface area contributed by atoms with E-state index < -0.39 is 12.1 Å². The monoisotopic (exact) mass is 371 g/mol. The molecule has 0 aromatic rings. The first-order chi connectivity index (χ1) is 12.1. The molecular formula is C21H41NO4. The van der Waals surface area contributed by atoms with Crippen molar-refractivity contribution in [3.63, 3.8) is 0 Å². The molecule has 0 saturated heterocycles. The van der Waals surface area contributed by atoms with Crippen molar-refractivity contribution in [3.8, 4) is 0 Å². The van der Waals surface area contributed by atoms with Gasteiger partial charge in [0.25, 0.3) is 0 Å². The second kappa shape index (κ2) is 14.0. The number of esters is 1. The van der Waals surface area contributed by atoms with E-state index in [2.05, 4.69) is 13.8 Å². The molecule has 0 fully saturated rings. The maximum Gasteiger partial charge on any atom is 0.306 e. The maximum absolute atomic E-state index is 11.9. The van der Waals surface area contributed by atoms with E-state index in [1.165, 1.54) is 38.5 Å². The number of hydrogen-bond donors (Lipinski definition) is 0. The second-order valence-electron chi connectivity index (χ2n) is 8.69. The summed E-state index contributed by atoms with van der Waals surface area (Å²) in [5.74, 6) is -0.623. The van der Waals surface area contributed by atoms with Crippen LogP contribution in [0, 0.1) is 5.92 Å². The molecule has 0 amide bonds. The molecule has 0 spiro atoms. The number of hydrogen-bond acceptors (Lipinski definition) is 4. The van der Waals surface area contributed by atoms with Gasteiger partial charge >= 0.3 is 5.97 Å². The molecule has 5 heteroatoms. The topological polar surface area (TPSA) is 66.4 Å². The minimum atomic E-state index is -1.18. The Labute approximate surface area is 160 Å². The fraction of sp³-hybridized carbons (Fsp3) is 0.905. The molecule has 0 aromatic carbocycles. The number of aliphatic carboxylic acids is 1. The summed E-state index contributed by atoms with van der Waals surface area (Å²) >= 11 is 0. The Balaban J connectivity index is 3.78. The third kappa shape index (κ3) is 16.4. The van der Waals surface area contributed by atoms with Crippen LogP contribution in [0.1, 0.15) is 84.5 Å². The van der Waals surface area contributed by atoms with Crippen LogP contribution in [0.2, 0.25) is 0 Å². The molecule has 26 heavy (non-hydrogen) atoms. The van der Waals surface area contributed by atoms with Crippen molar-refractivity contribution in [3.05, 3.63) is 0 Å². The van der Waals surface area contributed by atoms with Crippen LogP contribution >= 0.6 is 0 Å². The molecular weight excluding hydrogens is 330 g/mol. The number of rotatable bonds is 16.